The normalized spacial score (nSPS) is 13.9. The van der Waals surface area contributed by atoms with Gasteiger partial charge in [-0.25, -0.2) is 0 Å². The summed E-state index contributed by atoms with van der Waals surface area (Å²) < 4.78 is 11.1. The van der Waals surface area contributed by atoms with Crippen LogP contribution >= 0.6 is 22.6 Å². The molecule has 0 aliphatic heterocycles. The van der Waals surface area contributed by atoms with Crippen LogP contribution in [0, 0.1) is 0 Å². The molecule has 0 heterocycles. The lowest BCUT2D eigenvalue weighted by atomic mass is 10.3. The lowest BCUT2D eigenvalue weighted by Gasteiger charge is -2.16. The third kappa shape index (κ3) is 5.16. The Morgan fingerprint density at radius 2 is 1.91 bits per heavy atom. The van der Waals surface area contributed by atoms with E-state index in [2.05, 4.69) is 29.5 Å². The Kier molecular flexibility index (Phi) is 8.10. The predicted molar refractivity (Wildman–Crippen MR) is 58.5 cm³/mol. The van der Waals surface area contributed by atoms with Gasteiger partial charge in [0.15, 0.2) is 0 Å². The van der Waals surface area contributed by atoms with Crippen LogP contribution < -0.4 is 0 Å². The number of rotatable bonds is 6. The average Bonchev–Trinajstić information content (AvgIpc) is 2.03. The Hall–Kier alpha value is 0.867. The summed E-state index contributed by atoms with van der Waals surface area (Å²) in [6.07, 6.45) is 3.77. The van der Waals surface area contributed by atoms with Crippen molar-refractivity contribution in [2.75, 3.05) is 14.2 Å². The Bertz CT molecular complexity index is 88.5. The quantitative estimate of drug-likeness (QED) is 0.423. The van der Waals surface area contributed by atoms with Gasteiger partial charge in [0.25, 0.3) is 0 Å². The molecule has 0 saturated carbocycles. The first-order valence-electron chi connectivity index (χ1n) is 3.95. The second-order valence-corrected chi connectivity index (χ2v) is 7.94. The first kappa shape index (κ1) is 11.9. The molecule has 0 spiro atoms. The van der Waals surface area contributed by atoms with E-state index < -0.39 is 9.28 Å². The number of alkyl halides is 1. The largest absolute Gasteiger partial charge is 0.399 e. The smallest absolute Gasteiger partial charge is 0.334 e. The van der Waals surface area contributed by atoms with Gasteiger partial charge in [-0.15, -0.1) is 0 Å². The van der Waals surface area contributed by atoms with Crippen LogP contribution in [0.2, 0.25) is 0 Å². The van der Waals surface area contributed by atoms with Crippen LogP contribution in [0.4, 0.5) is 0 Å². The van der Waals surface area contributed by atoms with Crippen molar-refractivity contribution >= 4 is 31.9 Å². The van der Waals surface area contributed by atoms with E-state index in [0.29, 0.717) is 3.55 Å². The summed E-state index contributed by atoms with van der Waals surface area (Å²) in [6.45, 7) is 2.21. The Balaban J connectivity index is 3.51. The average molecular weight is 288 g/mol. The molecule has 1 unspecified atom stereocenters. The minimum absolute atomic E-state index is 0.613. The number of halogens is 1. The summed E-state index contributed by atoms with van der Waals surface area (Å²) in [7, 11) is 2.16. The number of hydrogen-bond donors (Lipinski definition) is 0. The third-order valence-corrected chi connectivity index (χ3v) is 5.83. The van der Waals surface area contributed by atoms with E-state index in [1.54, 1.807) is 14.2 Å². The zero-order chi connectivity index (χ0) is 8.69. The molecule has 0 rings (SSSR count). The van der Waals surface area contributed by atoms with Gasteiger partial charge in [-0.05, 0) is 6.42 Å². The van der Waals surface area contributed by atoms with Gasteiger partial charge < -0.3 is 8.85 Å². The van der Waals surface area contributed by atoms with E-state index >= 15 is 0 Å². The van der Waals surface area contributed by atoms with Gasteiger partial charge in [-0.2, -0.15) is 0 Å². The van der Waals surface area contributed by atoms with E-state index in [9.17, 15) is 0 Å². The van der Waals surface area contributed by atoms with Crippen molar-refractivity contribution in [1.82, 2.24) is 0 Å². The molecule has 0 fully saturated rings. The molecule has 0 aromatic heterocycles. The van der Waals surface area contributed by atoms with Crippen LogP contribution in [0.15, 0.2) is 0 Å². The molecule has 0 amide bonds. The summed E-state index contributed by atoms with van der Waals surface area (Å²) in [4.78, 5) is 0. The molecule has 11 heavy (non-hydrogen) atoms. The topological polar surface area (TPSA) is 18.5 Å². The van der Waals surface area contributed by atoms with E-state index in [1.165, 1.54) is 19.3 Å². The van der Waals surface area contributed by atoms with Crippen molar-refractivity contribution in [2.24, 2.45) is 0 Å². The first-order chi connectivity index (χ1) is 5.26. The maximum Gasteiger partial charge on any atom is 0.334 e. The molecular formula is C7H17IO2Si. The third-order valence-electron chi connectivity index (χ3n) is 1.59. The van der Waals surface area contributed by atoms with Gasteiger partial charge in [0, 0.05) is 14.2 Å². The molecule has 2 nitrogen and oxygen atoms in total. The van der Waals surface area contributed by atoms with E-state index in [1.807, 2.05) is 0 Å². The molecule has 68 valence electrons. The molecular weight excluding hydrogens is 271 g/mol. The molecule has 4 heteroatoms. The fourth-order valence-corrected chi connectivity index (χ4v) is 4.42. The highest BCUT2D eigenvalue weighted by atomic mass is 127. The van der Waals surface area contributed by atoms with Crippen LogP contribution in [-0.4, -0.2) is 27.1 Å². The van der Waals surface area contributed by atoms with Crippen LogP contribution in [0.1, 0.15) is 26.2 Å². The molecule has 0 aromatic carbocycles. The summed E-state index contributed by atoms with van der Waals surface area (Å²) in [5, 5.41) is 0. The molecule has 0 aromatic rings. The minimum atomic E-state index is -1.33. The van der Waals surface area contributed by atoms with Crippen molar-refractivity contribution < 1.29 is 8.85 Å². The van der Waals surface area contributed by atoms with Crippen LogP contribution in [0.3, 0.4) is 0 Å². The van der Waals surface area contributed by atoms with E-state index in [-0.39, 0.29) is 0 Å². The Morgan fingerprint density at radius 3 is 2.27 bits per heavy atom. The summed E-state index contributed by atoms with van der Waals surface area (Å²) in [5.41, 5.74) is 0. The maximum absolute atomic E-state index is 5.27. The lowest BCUT2D eigenvalue weighted by Crippen LogP contribution is -2.30. The van der Waals surface area contributed by atoms with Gasteiger partial charge >= 0.3 is 9.28 Å². The fourth-order valence-electron chi connectivity index (χ4n) is 0.927. The standard InChI is InChI=1S/C7H17IO2Si/c1-4-5-6-7(8)11(9-2)10-3/h7,11H,4-6H2,1-3H3. The SMILES string of the molecule is CCCCC(I)[SiH](OC)OC. The second kappa shape index (κ2) is 7.51. The zero-order valence-electron chi connectivity index (χ0n) is 7.47. The monoisotopic (exact) mass is 288 g/mol. The van der Waals surface area contributed by atoms with Crippen LogP contribution in [0.5, 0.6) is 0 Å². The van der Waals surface area contributed by atoms with Crippen molar-refractivity contribution in [1.29, 1.82) is 0 Å². The van der Waals surface area contributed by atoms with Gasteiger partial charge in [0.1, 0.15) is 0 Å². The molecule has 0 aliphatic carbocycles. The highest BCUT2D eigenvalue weighted by Crippen LogP contribution is 2.14. The number of hydrogen-bond acceptors (Lipinski definition) is 2. The molecule has 0 bridgehead atoms. The summed E-state index contributed by atoms with van der Waals surface area (Å²) >= 11 is 2.44. The Labute approximate surface area is 84.6 Å². The van der Waals surface area contributed by atoms with Crippen molar-refractivity contribution in [3.8, 4) is 0 Å². The number of unbranched alkanes of at least 4 members (excludes halogenated alkanes) is 1. The van der Waals surface area contributed by atoms with Gasteiger partial charge in [-0.3, -0.25) is 0 Å². The van der Waals surface area contributed by atoms with Gasteiger partial charge in [-0.1, -0.05) is 42.4 Å². The highest BCUT2D eigenvalue weighted by molar-refractivity contribution is 14.1. The highest BCUT2D eigenvalue weighted by Gasteiger charge is 2.20. The van der Waals surface area contributed by atoms with Crippen molar-refractivity contribution in [2.45, 2.75) is 29.7 Å². The summed E-state index contributed by atoms with van der Waals surface area (Å²) in [6, 6.07) is 0. The lowest BCUT2D eigenvalue weighted by molar-refractivity contribution is 0.275. The van der Waals surface area contributed by atoms with Crippen molar-refractivity contribution in [3.63, 3.8) is 0 Å². The zero-order valence-corrected chi connectivity index (χ0v) is 10.8. The first-order valence-corrected chi connectivity index (χ1v) is 6.81. The second-order valence-electron chi connectivity index (χ2n) is 2.50. The Morgan fingerprint density at radius 1 is 1.36 bits per heavy atom. The van der Waals surface area contributed by atoms with Gasteiger partial charge in [0.2, 0.25) is 0 Å². The molecule has 0 N–H and O–H groups in total. The maximum atomic E-state index is 5.27. The van der Waals surface area contributed by atoms with Gasteiger partial charge in [0.05, 0.1) is 3.55 Å². The van der Waals surface area contributed by atoms with E-state index in [4.69, 9.17) is 8.85 Å². The molecule has 0 aliphatic rings. The fraction of sp³-hybridized carbons (Fsp3) is 1.00. The van der Waals surface area contributed by atoms with Crippen LogP contribution in [0.25, 0.3) is 0 Å². The predicted octanol–water partition coefficient (Wildman–Crippen LogP) is 2.03. The molecule has 0 saturated heterocycles. The van der Waals surface area contributed by atoms with E-state index in [0.717, 1.165) is 0 Å². The summed E-state index contributed by atoms with van der Waals surface area (Å²) in [5.74, 6) is 0. The van der Waals surface area contributed by atoms with Crippen molar-refractivity contribution in [3.05, 3.63) is 0 Å². The van der Waals surface area contributed by atoms with Crippen LogP contribution in [-0.2, 0) is 8.85 Å². The molecule has 1 atom stereocenters. The minimum Gasteiger partial charge on any atom is -0.399 e. The molecule has 0 radical (unpaired) electrons.